The quantitative estimate of drug-likeness (QED) is 0.686. The van der Waals surface area contributed by atoms with Crippen LogP contribution in [0.3, 0.4) is 0 Å². The molecule has 0 aliphatic heterocycles. The van der Waals surface area contributed by atoms with Crippen LogP contribution in [0.1, 0.15) is 55.4 Å². The van der Waals surface area contributed by atoms with E-state index in [1.54, 1.807) is 24.3 Å². The molecule has 0 fully saturated rings. The number of benzene rings is 1. The average Bonchev–Trinajstić information content (AvgIpc) is 3.11. The van der Waals surface area contributed by atoms with Crippen molar-refractivity contribution in [1.29, 1.82) is 0 Å². The molecule has 0 unspecified atom stereocenters. The van der Waals surface area contributed by atoms with Crippen molar-refractivity contribution in [3.63, 3.8) is 0 Å². The molecule has 24 heavy (non-hydrogen) atoms. The fourth-order valence-electron chi connectivity index (χ4n) is 2.28. The van der Waals surface area contributed by atoms with Gasteiger partial charge in [0.1, 0.15) is 6.61 Å². The van der Waals surface area contributed by atoms with Gasteiger partial charge < -0.3 is 4.52 Å². The molecule has 0 spiro atoms. The fourth-order valence-corrected chi connectivity index (χ4v) is 2.28. The number of nitrogens with zero attached hydrogens (tertiary/aromatic N) is 2. The maximum absolute atomic E-state index is 12.3. The molecule has 0 radical (unpaired) electrons. The number of carbonyl (C=O) groups is 1. The third-order valence-electron chi connectivity index (χ3n) is 4.41. The van der Waals surface area contributed by atoms with E-state index in [1.165, 1.54) is 7.11 Å². The lowest BCUT2D eigenvalue weighted by Crippen LogP contribution is -2.30. The molecule has 0 bridgehead atoms. The highest BCUT2D eigenvalue weighted by molar-refractivity contribution is 5.92. The number of carbonyl (C=O) groups excluding carboxylic acids is 1. The number of aromatic nitrogens is 1. The van der Waals surface area contributed by atoms with Crippen LogP contribution in [0.15, 0.2) is 40.9 Å². The molecule has 130 valence electrons. The monoisotopic (exact) mass is 332 g/mol. The number of amides is 1. The smallest absolute Gasteiger partial charge is 0.303 e. The highest BCUT2D eigenvalue weighted by atomic mass is 16.9. The van der Waals surface area contributed by atoms with Gasteiger partial charge in [-0.1, -0.05) is 49.4 Å². The Hall–Kier alpha value is -2.18. The number of rotatable bonds is 8. The van der Waals surface area contributed by atoms with E-state index in [1.807, 2.05) is 12.1 Å². The summed E-state index contributed by atoms with van der Waals surface area (Å²) in [6.45, 7) is 6.46. The fraction of sp³-hybridized carbons (Fsp3) is 0.444. The van der Waals surface area contributed by atoms with E-state index in [9.17, 15) is 4.79 Å². The van der Waals surface area contributed by atoms with Crippen LogP contribution in [0, 0.1) is 0 Å². The second-order valence-electron chi connectivity index (χ2n) is 5.83. The van der Waals surface area contributed by atoms with Crippen molar-refractivity contribution < 1.29 is 19.0 Å². The van der Waals surface area contributed by atoms with Gasteiger partial charge in [-0.05, 0) is 25.0 Å². The Morgan fingerprint density at radius 3 is 2.50 bits per heavy atom. The molecule has 1 amide bonds. The Morgan fingerprint density at radius 2 is 1.92 bits per heavy atom. The van der Waals surface area contributed by atoms with Crippen LogP contribution < -0.4 is 0 Å². The first-order valence-corrected chi connectivity index (χ1v) is 8.06. The minimum Gasteiger partial charge on any atom is -0.359 e. The van der Waals surface area contributed by atoms with Gasteiger partial charge in [-0.15, -0.1) is 0 Å². The minimum atomic E-state index is -0.384. The largest absolute Gasteiger partial charge is 0.359 e. The number of hydroxylamine groups is 2. The van der Waals surface area contributed by atoms with Crippen molar-refractivity contribution >= 4 is 5.91 Å². The first-order chi connectivity index (χ1) is 11.5. The van der Waals surface area contributed by atoms with Crippen LogP contribution in [0.4, 0.5) is 0 Å². The molecule has 0 saturated carbocycles. The van der Waals surface area contributed by atoms with Gasteiger partial charge in [0.05, 0.1) is 12.8 Å². The molecular formula is C18H24N2O4. The molecule has 2 aromatic rings. The number of hydrogen-bond donors (Lipinski definition) is 0. The first kappa shape index (κ1) is 18.2. The molecule has 6 heteroatoms. The van der Waals surface area contributed by atoms with Crippen LogP contribution in [-0.2, 0) is 21.7 Å². The summed E-state index contributed by atoms with van der Waals surface area (Å²) in [7, 11) is 1.37. The van der Waals surface area contributed by atoms with Gasteiger partial charge in [0.2, 0.25) is 0 Å². The van der Waals surface area contributed by atoms with E-state index < -0.39 is 0 Å². The SMILES string of the molecule is CCC(C)(CC)c1cc(CON(OC)C(=O)c2ccccc2)on1. The Kier molecular flexibility index (Phi) is 6.11. The van der Waals surface area contributed by atoms with E-state index in [0.29, 0.717) is 11.3 Å². The average molecular weight is 332 g/mol. The number of hydrogen-bond acceptors (Lipinski definition) is 5. The normalized spacial score (nSPS) is 11.5. The van der Waals surface area contributed by atoms with Crippen LogP contribution in [-0.4, -0.2) is 23.4 Å². The van der Waals surface area contributed by atoms with Gasteiger partial charge in [-0.2, -0.15) is 0 Å². The zero-order valence-electron chi connectivity index (χ0n) is 14.6. The van der Waals surface area contributed by atoms with Crippen molar-refractivity contribution in [3.8, 4) is 0 Å². The highest BCUT2D eigenvalue weighted by Crippen LogP contribution is 2.30. The second-order valence-corrected chi connectivity index (χ2v) is 5.83. The molecule has 0 aliphatic carbocycles. The van der Waals surface area contributed by atoms with E-state index >= 15 is 0 Å². The summed E-state index contributed by atoms with van der Waals surface area (Å²) in [5, 5.41) is 4.98. The molecule has 1 aromatic carbocycles. The molecule has 0 N–H and O–H groups in total. The van der Waals surface area contributed by atoms with Gasteiger partial charge >= 0.3 is 5.91 Å². The van der Waals surface area contributed by atoms with Crippen molar-refractivity contribution in [3.05, 3.63) is 53.4 Å². The Balaban J connectivity index is 2.01. The van der Waals surface area contributed by atoms with Crippen molar-refractivity contribution in [1.82, 2.24) is 10.4 Å². The van der Waals surface area contributed by atoms with Crippen molar-refractivity contribution in [2.45, 2.75) is 45.6 Å². The van der Waals surface area contributed by atoms with Crippen LogP contribution in [0.25, 0.3) is 0 Å². The predicted molar refractivity (Wildman–Crippen MR) is 88.8 cm³/mol. The maximum atomic E-state index is 12.3. The second kappa shape index (κ2) is 8.08. The Morgan fingerprint density at radius 1 is 1.25 bits per heavy atom. The summed E-state index contributed by atoms with van der Waals surface area (Å²) < 4.78 is 5.33. The molecule has 0 aliphatic rings. The molecule has 6 nitrogen and oxygen atoms in total. The Bertz CT molecular complexity index is 650. The standard InChI is InChI=1S/C18H24N2O4/c1-5-18(3,6-2)16-12-15(24-19-16)13-23-20(22-4)17(21)14-10-8-7-9-11-14/h7-12H,5-6,13H2,1-4H3. The summed E-state index contributed by atoms with van der Waals surface area (Å²) in [5.41, 5.74) is 1.34. The lowest BCUT2D eigenvalue weighted by molar-refractivity contribution is -0.322. The predicted octanol–water partition coefficient (Wildman–Crippen LogP) is 3.89. The van der Waals surface area contributed by atoms with Crippen LogP contribution in [0.5, 0.6) is 0 Å². The Labute approximate surface area is 142 Å². The van der Waals surface area contributed by atoms with Crippen LogP contribution >= 0.6 is 0 Å². The summed E-state index contributed by atoms with van der Waals surface area (Å²) in [4.78, 5) is 22.7. The summed E-state index contributed by atoms with van der Waals surface area (Å²) >= 11 is 0. The zero-order chi connectivity index (χ0) is 17.6. The summed E-state index contributed by atoms with van der Waals surface area (Å²) in [5.74, 6) is 0.158. The molecule has 2 rings (SSSR count). The van der Waals surface area contributed by atoms with E-state index in [2.05, 4.69) is 25.9 Å². The molecule has 1 heterocycles. The van der Waals surface area contributed by atoms with Crippen molar-refractivity contribution in [2.24, 2.45) is 0 Å². The summed E-state index contributed by atoms with van der Waals surface area (Å²) in [6.07, 6.45) is 1.93. The third-order valence-corrected chi connectivity index (χ3v) is 4.41. The zero-order valence-corrected chi connectivity index (χ0v) is 14.6. The van der Waals surface area contributed by atoms with Gasteiger partial charge in [0.25, 0.3) is 0 Å². The lowest BCUT2D eigenvalue weighted by atomic mass is 9.81. The van der Waals surface area contributed by atoms with E-state index in [4.69, 9.17) is 14.2 Å². The van der Waals surface area contributed by atoms with Gasteiger partial charge in [-0.3, -0.25) is 4.79 Å². The molecule has 0 saturated heterocycles. The van der Waals surface area contributed by atoms with Gasteiger partial charge in [0.15, 0.2) is 5.76 Å². The van der Waals surface area contributed by atoms with Gasteiger partial charge in [0, 0.05) is 17.0 Å². The van der Waals surface area contributed by atoms with Crippen molar-refractivity contribution in [2.75, 3.05) is 7.11 Å². The molecule has 0 atom stereocenters. The first-order valence-electron chi connectivity index (χ1n) is 8.06. The maximum Gasteiger partial charge on any atom is 0.303 e. The van der Waals surface area contributed by atoms with Crippen LogP contribution in [0.2, 0.25) is 0 Å². The van der Waals surface area contributed by atoms with E-state index in [-0.39, 0.29) is 17.9 Å². The summed E-state index contributed by atoms with van der Waals surface area (Å²) in [6, 6.07) is 10.6. The molecular weight excluding hydrogens is 308 g/mol. The van der Waals surface area contributed by atoms with E-state index in [0.717, 1.165) is 23.8 Å². The third kappa shape index (κ3) is 4.01. The minimum absolute atomic E-state index is 0.0252. The highest BCUT2D eigenvalue weighted by Gasteiger charge is 2.27. The van der Waals surface area contributed by atoms with Gasteiger partial charge in [-0.25, -0.2) is 9.68 Å². The topological polar surface area (TPSA) is 64.8 Å². The molecule has 1 aromatic heterocycles. The lowest BCUT2D eigenvalue weighted by Gasteiger charge is -2.23.